The van der Waals surface area contributed by atoms with Crippen LogP contribution < -0.4 is 0 Å². The first kappa shape index (κ1) is 19.4. The topological polar surface area (TPSA) is 51.0 Å². The van der Waals surface area contributed by atoms with E-state index in [1.54, 1.807) is 0 Å². The van der Waals surface area contributed by atoms with Crippen molar-refractivity contribution in [1.82, 2.24) is 19.4 Å². The first-order chi connectivity index (χ1) is 14.1. The molecule has 4 rings (SSSR count). The van der Waals surface area contributed by atoms with Gasteiger partial charge < -0.3 is 9.47 Å². The van der Waals surface area contributed by atoms with Crippen molar-refractivity contribution >= 4 is 5.91 Å². The number of aromatic nitrogens is 3. The molecule has 0 bridgehead atoms. The maximum Gasteiger partial charge on any atom is 0.253 e. The highest BCUT2D eigenvalue weighted by Crippen LogP contribution is 2.28. The Morgan fingerprint density at radius 2 is 1.79 bits per heavy atom. The van der Waals surface area contributed by atoms with Gasteiger partial charge in [-0.2, -0.15) is 0 Å². The molecule has 1 amide bonds. The fourth-order valence-electron chi connectivity index (χ4n) is 4.01. The standard InChI is InChI=1S/C24H28N4O/c1-18(2)19-6-8-21(9-7-19)24(29)27-14-10-20(11-15-27)23-26-13-16-28(23)17-22-5-3-4-12-25-22/h3-9,12-13,16,18,20H,10-11,14-15,17H2,1-2H3. The molecule has 2 aromatic heterocycles. The van der Waals surface area contributed by atoms with E-state index in [-0.39, 0.29) is 5.91 Å². The number of pyridine rings is 1. The summed E-state index contributed by atoms with van der Waals surface area (Å²) in [5, 5.41) is 0. The number of piperidine rings is 1. The fourth-order valence-corrected chi connectivity index (χ4v) is 4.01. The van der Waals surface area contributed by atoms with Crippen LogP contribution in [0.25, 0.3) is 0 Å². The molecule has 1 aliphatic rings. The van der Waals surface area contributed by atoms with E-state index in [1.165, 1.54) is 5.56 Å². The summed E-state index contributed by atoms with van der Waals surface area (Å²) >= 11 is 0. The molecular formula is C24H28N4O. The molecule has 0 atom stereocenters. The third-order valence-electron chi connectivity index (χ3n) is 5.78. The van der Waals surface area contributed by atoms with E-state index >= 15 is 0 Å². The van der Waals surface area contributed by atoms with Crippen LogP contribution in [-0.4, -0.2) is 38.4 Å². The minimum absolute atomic E-state index is 0.135. The largest absolute Gasteiger partial charge is 0.339 e. The van der Waals surface area contributed by atoms with Crippen molar-refractivity contribution < 1.29 is 4.79 Å². The zero-order valence-corrected chi connectivity index (χ0v) is 17.2. The lowest BCUT2D eigenvalue weighted by Gasteiger charge is -2.32. The van der Waals surface area contributed by atoms with Gasteiger partial charge in [0.05, 0.1) is 12.2 Å². The van der Waals surface area contributed by atoms with Crippen LogP contribution in [0.5, 0.6) is 0 Å². The SMILES string of the molecule is CC(C)c1ccc(C(=O)N2CCC(c3nccn3Cc3ccccn3)CC2)cc1. The molecule has 1 aliphatic heterocycles. The maximum absolute atomic E-state index is 12.9. The molecule has 3 aromatic rings. The lowest BCUT2D eigenvalue weighted by atomic mass is 9.95. The molecule has 29 heavy (non-hydrogen) atoms. The van der Waals surface area contributed by atoms with Gasteiger partial charge >= 0.3 is 0 Å². The molecule has 5 heteroatoms. The summed E-state index contributed by atoms with van der Waals surface area (Å²) in [6, 6.07) is 14.0. The number of hydrogen-bond acceptors (Lipinski definition) is 3. The molecular weight excluding hydrogens is 360 g/mol. The highest BCUT2D eigenvalue weighted by molar-refractivity contribution is 5.94. The molecule has 1 aromatic carbocycles. The summed E-state index contributed by atoms with van der Waals surface area (Å²) in [5.74, 6) is 2.09. The fraction of sp³-hybridized carbons (Fsp3) is 0.375. The molecule has 0 radical (unpaired) electrons. The number of likely N-dealkylation sites (tertiary alicyclic amines) is 1. The number of carbonyl (C=O) groups excluding carboxylic acids is 1. The Labute approximate surface area is 172 Å². The van der Waals surface area contributed by atoms with Crippen molar-refractivity contribution in [3.05, 3.63) is 83.7 Å². The van der Waals surface area contributed by atoms with Crippen molar-refractivity contribution in [3.63, 3.8) is 0 Å². The van der Waals surface area contributed by atoms with E-state index in [9.17, 15) is 4.79 Å². The Morgan fingerprint density at radius 3 is 2.45 bits per heavy atom. The van der Waals surface area contributed by atoms with Crippen LogP contribution in [0.2, 0.25) is 0 Å². The van der Waals surface area contributed by atoms with Crippen molar-refractivity contribution in [3.8, 4) is 0 Å². The van der Waals surface area contributed by atoms with E-state index < -0.39 is 0 Å². The van der Waals surface area contributed by atoms with E-state index in [0.29, 0.717) is 11.8 Å². The second kappa shape index (κ2) is 8.60. The minimum Gasteiger partial charge on any atom is -0.339 e. The van der Waals surface area contributed by atoms with Crippen LogP contribution in [0.1, 0.15) is 66.0 Å². The van der Waals surface area contributed by atoms with Crippen LogP contribution in [0, 0.1) is 0 Å². The molecule has 0 spiro atoms. The Hall–Kier alpha value is -2.95. The number of amides is 1. The van der Waals surface area contributed by atoms with Crippen LogP contribution in [0.4, 0.5) is 0 Å². The van der Waals surface area contributed by atoms with Crippen molar-refractivity contribution in [2.24, 2.45) is 0 Å². The van der Waals surface area contributed by atoms with Crippen molar-refractivity contribution in [2.45, 2.75) is 45.1 Å². The van der Waals surface area contributed by atoms with E-state index in [4.69, 9.17) is 0 Å². The summed E-state index contributed by atoms with van der Waals surface area (Å²) in [6.45, 7) is 6.61. The third-order valence-corrected chi connectivity index (χ3v) is 5.78. The monoisotopic (exact) mass is 388 g/mol. The van der Waals surface area contributed by atoms with Gasteiger partial charge in [-0.25, -0.2) is 4.98 Å². The molecule has 0 N–H and O–H groups in total. The second-order valence-corrected chi connectivity index (χ2v) is 8.08. The molecule has 0 saturated carbocycles. The molecule has 0 unspecified atom stereocenters. The summed E-state index contributed by atoms with van der Waals surface area (Å²) < 4.78 is 2.19. The molecule has 1 saturated heterocycles. The quantitative estimate of drug-likeness (QED) is 0.648. The van der Waals surface area contributed by atoms with Crippen LogP contribution >= 0.6 is 0 Å². The summed E-state index contributed by atoms with van der Waals surface area (Å²) in [6.07, 6.45) is 7.59. The van der Waals surface area contributed by atoms with Gasteiger partial charge in [-0.3, -0.25) is 9.78 Å². The minimum atomic E-state index is 0.135. The van der Waals surface area contributed by atoms with Crippen molar-refractivity contribution in [1.29, 1.82) is 0 Å². The normalized spacial score (nSPS) is 15.1. The van der Waals surface area contributed by atoms with Gasteiger partial charge in [0.25, 0.3) is 5.91 Å². The summed E-state index contributed by atoms with van der Waals surface area (Å²) in [4.78, 5) is 23.9. The summed E-state index contributed by atoms with van der Waals surface area (Å²) in [7, 11) is 0. The lowest BCUT2D eigenvalue weighted by Crippen LogP contribution is -2.38. The first-order valence-electron chi connectivity index (χ1n) is 10.4. The van der Waals surface area contributed by atoms with Crippen LogP contribution in [0.3, 0.4) is 0 Å². The van der Waals surface area contributed by atoms with Gasteiger partial charge in [-0.05, 0) is 48.6 Å². The smallest absolute Gasteiger partial charge is 0.253 e. The Morgan fingerprint density at radius 1 is 1.03 bits per heavy atom. The zero-order valence-electron chi connectivity index (χ0n) is 17.2. The Balaban J connectivity index is 1.38. The van der Waals surface area contributed by atoms with Gasteiger partial charge in [0, 0.05) is 43.2 Å². The predicted molar refractivity (Wildman–Crippen MR) is 114 cm³/mol. The number of nitrogens with zero attached hydrogens (tertiary/aromatic N) is 4. The first-order valence-corrected chi connectivity index (χ1v) is 10.4. The summed E-state index contributed by atoms with van der Waals surface area (Å²) in [5.41, 5.74) is 3.08. The Kier molecular flexibility index (Phi) is 5.74. The number of benzene rings is 1. The second-order valence-electron chi connectivity index (χ2n) is 8.08. The highest BCUT2D eigenvalue weighted by Gasteiger charge is 2.27. The highest BCUT2D eigenvalue weighted by atomic mass is 16.2. The average Bonchev–Trinajstić information content (AvgIpc) is 3.22. The van der Waals surface area contributed by atoms with Gasteiger partial charge in [0.2, 0.25) is 0 Å². The lowest BCUT2D eigenvalue weighted by molar-refractivity contribution is 0.0710. The third kappa shape index (κ3) is 4.39. The van der Waals surface area contributed by atoms with Crippen LogP contribution in [0.15, 0.2) is 61.1 Å². The van der Waals surface area contributed by atoms with Gasteiger partial charge in [-0.15, -0.1) is 0 Å². The number of imidazole rings is 1. The molecule has 3 heterocycles. The number of rotatable bonds is 5. The Bertz CT molecular complexity index is 939. The predicted octanol–water partition coefficient (Wildman–Crippen LogP) is 4.47. The molecule has 1 fully saturated rings. The number of hydrogen-bond donors (Lipinski definition) is 0. The van der Waals surface area contributed by atoms with E-state index in [0.717, 1.165) is 49.6 Å². The van der Waals surface area contributed by atoms with Gasteiger partial charge in [0.1, 0.15) is 5.82 Å². The zero-order chi connectivity index (χ0) is 20.2. The number of carbonyl (C=O) groups is 1. The van der Waals surface area contributed by atoms with Gasteiger partial charge in [0.15, 0.2) is 0 Å². The average molecular weight is 389 g/mol. The van der Waals surface area contributed by atoms with Gasteiger partial charge in [-0.1, -0.05) is 32.0 Å². The molecule has 150 valence electrons. The maximum atomic E-state index is 12.9. The van der Waals surface area contributed by atoms with Crippen LogP contribution in [-0.2, 0) is 6.54 Å². The molecule has 0 aliphatic carbocycles. The van der Waals surface area contributed by atoms with E-state index in [2.05, 4.69) is 40.5 Å². The van der Waals surface area contributed by atoms with Crippen molar-refractivity contribution in [2.75, 3.05) is 13.1 Å². The van der Waals surface area contributed by atoms with E-state index in [1.807, 2.05) is 53.8 Å². The molecule has 5 nitrogen and oxygen atoms in total.